The summed E-state index contributed by atoms with van der Waals surface area (Å²) in [5.74, 6) is 1.19. The molecule has 92 valence electrons. The molecule has 4 heteroatoms. The van der Waals surface area contributed by atoms with Crippen LogP contribution in [-0.4, -0.2) is 35.0 Å². The fourth-order valence-electron chi connectivity index (χ4n) is 2.01. The molecule has 0 aromatic rings. The van der Waals surface area contributed by atoms with Gasteiger partial charge in [-0.2, -0.15) is 11.8 Å². The molecule has 0 atom stereocenters. The zero-order valence-corrected chi connectivity index (χ0v) is 12.1. The fourth-order valence-corrected chi connectivity index (χ4v) is 3.87. The molecule has 2 aliphatic rings. The smallest absolute Gasteiger partial charge is 0.156 e. The predicted molar refractivity (Wildman–Crippen MR) is 76.6 cm³/mol. The topological polar surface area (TPSA) is 24.4 Å². The van der Waals surface area contributed by atoms with E-state index >= 15 is 0 Å². The van der Waals surface area contributed by atoms with E-state index in [2.05, 4.69) is 30.4 Å². The van der Waals surface area contributed by atoms with Crippen LogP contribution < -0.4 is 5.32 Å². The van der Waals surface area contributed by atoms with Crippen molar-refractivity contribution in [3.05, 3.63) is 0 Å². The van der Waals surface area contributed by atoms with Crippen molar-refractivity contribution in [3.8, 4) is 0 Å². The van der Waals surface area contributed by atoms with Gasteiger partial charge in [-0.3, -0.25) is 4.99 Å². The van der Waals surface area contributed by atoms with Gasteiger partial charge in [0.25, 0.3) is 0 Å². The van der Waals surface area contributed by atoms with Gasteiger partial charge in [0, 0.05) is 23.6 Å². The van der Waals surface area contributed by atoms with Crippen LogP contribution in [0.1, 0.15) is 33.1 Å². The van der Waals surface area contributed by atoms with Crippen molar-refractivity contribution in [2.75, 3.05) is 25.1 Å². The van der Waals surface area contributed by atoms with Crippen LogP contribution in [0.5, 0.6) is 0 Å². The fraction of sp³-hybridized carbons (Fsp3) is 0.917. The van der Waals surface area contributed by atoms with Crippen molar-refractivity contribution in [2.45, 2.75) is 37.9 Å². The third-order valence-corrected chi connectivity index (χ3v) is 6.40. The molecule has 0 spiro atoms. The number of thioether (sulfide) groups is 2. The molecule has 0 bridgehead atoms. The van der Waals surface area contributed by atoms with Gasteiger partial charge in [0.2, 0.25) is 0 Å². The molecule has 0 radical (unpaired) electrons. The average Bonchev–Trinajstić information content (AvgIpc) is 2.19. The van der Waals surface area contributed by atoms with Crippen LogP contribution in [0, 0.1) is 5.41 Å². The van der Waals surface area contributed by atoms with E-state index in [0.29, 0.717) is 10.2 Å². The molecule has 1 saturated carbocycles. The van der Waals surface area contributed by atoms with E-state index < -0.39 is 0 Å². The Bertz CT molecular complexity index is 277. The molecule has 1 N–H and O–H groups in total. The third-order valence-electron chi connectivity index (χ3n) is 3.51. The Morgan fingerprint density at radius 1 is 1.44 bits per heavy atom. The van der Waals surface area contributed by atoms with Crippen molar-refractivity contribution in [2.24, 2.45) is 10.4 Å². The number of nitrogens with one attached hydrogen (secondary N) is 1. The second-order valence-corrected chi connectivity index (χ2v) is 7.91. The van der Waals surface area contributed by atoms with E-state index in [1.807, 2.05) is 23.5 Å². The summed E-state index contributed by atoms with van der Waals surface area (Å²) in [5, 5.41) is 4.71. The van der Waals surface area contributed by atoms with Crippen molar-refractivity contribution < 1.29 is 0 Å². The van der Waals surface area contributed by atoms with E-state index in [0.717, 1.165) is 13.1 Å². The second-order valence-electron chi connectivity index (χ2n) is 5.67. The highest BCUT2D eigenvalue weighted by Crippen LogP contribution is 2.42. The average molecular weight is 258 g/mol. The minimum absolute atomic E-state index is 0.378. The molecule has 0 aromatic heterocycles. The van der Waals surface area contributed by atoms with Gasteiger partial charge in [0.05, 0.1) is 0 Å². The molecule has 0 aromatic carbocycles. The van der Waals surface area contributed by atoms with Crippen LogP contribution in [-0.2, 0) is 0 Å². The van der Waals surface area contributed by atoms with Gasteiger partial charge < -0.3 is 5.32 Å². The highest BCUT2D eigenvalue weighted by molar-refractivity contribution is 8.13. The molecule has 0 amide bonds. The van der Waals surface area contributed by atoms with E-state index in [4.69, 9.17) is 0 Å². The predicted octanol–water partition coefficient (Wildman–Crippen LogP) is 2.99. The largest absolute Gasteiger partial charge is 0.364 e. The van der Waals surface area contributed by atoms with Gasteiger partial charge in [-0.15, -0.1) is 0 Å². The van der Waals surface area contributed by atoms with Crippen LogP contribution in [0.2, 0.25) is 0 Å². The summed E-state index contributed by atoms with van der Waals surface area (Å²) in [6, 6.07) is 0. The Labute approximate surface area is 107 Å². The lowest BCUT2D eigenvalue weighted by Crippen LogP contribution is -2.45. The van der Waals surface area contributed by atoms with Crippen molar-refractivity contribution >= 4 is 28.7 Å². The number of hydrogen-bond donors (Lipinski definition) is 1. The maximum Gasteiger partial charge on any atom is 0.156 e. The zero-order valence-electron chi connectivity index (χ0n) is 10.5. The van der Waals surface area contributed by atoms with Crippen LogP contribution in [0.3, 0.4) is 0 Å². The highest BCUT2D eigenvalue weighted by atomic mass is 32.2. The Hall–Kier alpha value is 0.170. The van der Waals surface area contributed by atoms with Gasteiger partial charge in [-0.1, -0.05) is 32.0 Å². The van der Waals surface area contributed by atoms with E-state index in [1.54, 1.807) is 0 Å². The Kier molecular flexibility index (Phi) is 3.79. The van der Waals surface area contributed by atoms with Gasteiger partial charge in [-0.05, 0) is 24.5 Å². The standard InChI is InChI=1S/C12H22N2S2/c1-11(2)7-13-10(16-9-11)14-8-12(15-3)5-4-6-12/h4-9H2,1-3H3,(H,13,14). The summed E-state index contributed by atoms with van der Waals surface area (Å²) in [5.41, 5.74) is 0.378. The summed E-state index contributed by atoms with van der Waals surface area (Å²) in [6.07, 6.45) is 6.37. The Morgan fingerprint density at radius 2 is 2.19 bits per heavy atom. The van der Waals surface area contributed by atoms with Crippen LogP contribution >= 0.6 is 23.5 Å². The van der Waals surface area contributed by atoms with Crippen molar-refractivity contribution in [1.82, 2.24) is 5.32 Å². The summed E-state index contributed by atoms with van der Waals surface area (Å²) in [4.78, 5) is 4.64. The SMILES string of the molecule is CSC1(CNC2=NCC(C)(C)CS2)CCC1. The minimum atomic E-state index is 0.378. The van der Waals surface area contributed by atoms with Gasteiger partial charge in [-0.25, -0.2) is 0 Å². The number of nitrogens with zero attached hydrogens (tertiary/aromatic N) is 1. The zero-order chi connectivity index (χ0) is 11.6. The Morgan fingerprint density at radius 3 is 2.62 bits per heavy atom. The van der Waals surface area contributed by atoms with Crippen molar-refractivity contribution in [3.63, 3.8) is 0 Å². The summed E-state index contributed by atoms with van der Waals surface area (Å²) < 4.78 is 0.510. The monoisotopic (exact) mass is 258 g/mol. The Balaban J connectivity index is 1.81. The van der Waals surface area contributed by atoms with E-state index in [-0.39, 0.29) is 0 Å². The van der Waals surface area contributed by atoms with Crippen LogP contribution in [0.4, 0.5) is 0 Å². The van der Waals surface area contributed by atoms with Crippen LogP contribution in [0.25, 0.3) is 0 Å². The third kappa shape index (κ3) is 2.89. The van der Waals surface area contributed by atoms with Gasteiger partial charge in [0.1, 0.15) is 0 Å². The summed E-state index contributed by atoms with van der Waals surface area (Å²) in [7, 11) is 0. The lowest BCUT2D eigenvalue weighted by atomic mass is 9.84. The van der Waals surface area contributed by atoms with Crippen molar-refractivity contribution in [1.29, 1.82) is 0 Å². The lowest BCUT2D eigenvalue weighted by Gasteiger charge is -2.41. The summed E-state index contributed by atoms with van der Waals surface area (Å²) >= 11 is 3.91. The second kappa shape index (κ2) is 4.81. The molecule has 0 saturated heterocycles. The van der Waals surface area contributed by atoms with Gasteiger partial charge in [0.15, 0.2) is 5.17 Å². The normalized spacial score (nSPS) is 26.8. The molecule has 1 aliphatic heterocycles. The minimum Gasteiger partial charge on any atom is -0.364 e. The molecule has 16 heavy (non-hydrogen) atoms. The highest BCUT2D eigenvalue weighted by Gasteiger charge is 2.36. The van der Waals surface area contributed by atoms with Crippen LogP contribution in [0.15, 0.2) is 4.99 Å². The first kappa shape index (κ1) is 12.6. The number of aliphatic imine (C=N–C) groups is 1. The first-order valence-electron chi connectivity index (χ1n) is 6.02. The molecule has 2 nitrogen and oxygen atoms in total. The first-order valence-corrected chi connectivity index (χ1v) is 8.23. The summed E-state index contributed by atoms with van der Waals surface area (Å²) in [6.45, 7) is 6.64. The molecular formula is C12H22N2S2. The molecular weight excluding hydrogens is 236 g/mol. The molecule has 1 fully saturated rings. The molecule has 0 unspecified atom stereocenters. The maximum atomic E-state index is 4.64. The number of rotatable bonds is 3. The first-order chi connectivity index (χ1) is 7.55. The van der Waals surface area contributed by atoms with E-state index in [1.165, 1.54) is 30.2 Å². The van der Waals surface area contributed by atoms with Gasteiger partial charge >= 0.3 is 0 Å². The lowest BCUT2D eigenvalue weighted by molar-refractivity contribution is 0.361. The van der Waals surface area contributed by atoms with E-state index in [9.17, 15) is 0 Å². The maximum absolute atomic E-state index is 4.64. The quantitative estimate of drug-likeness (QED) is 0.842. The molecule has 1 aliphatic carbocycles. The molecule has 1 heterocycles. The number of hydrogen-bond acceptors (Lipinski definition) is 4. The number of amidine groups is 1. The molecule has 2 rings (SSSR count).